The molecule has 1 aliphatic carbocycles. The Labute approximate surface area is 240 Å². The molecule has 4 heterocycles. The van der Waals surface area contributed by atoms with Gasteiger partial charge in [0.15, 0.2) is 0 Å². The molecule has 194 valence electrons. The highest BCUT2D eigenvalue weighted by atomic mass is 15.1. The monoisotopic (exact) mass is 534 g/mol. The van der Waals surface area contributed by atoms with Gasteiger partial charge in [-0.1, -0.05) is 78.9 Å². The second kappa shape index (κ2) is 7.93. The molecule has 0 saturated heterocycles. The van der Waals surface area contributed by atoms with E-state index in [1.165, 1.54) is 48.9 Å². The van der Waals surface area contributed by atoms with Crippen molar-refractivity contribution in [1.82, 2.24) is 19.1 Å². The Morgan fingerprint density at radius 3 is 1.86 bits per heavy atom. The number of para-hydroxylation sites is 3. The summed E-state index contributed by atoms with van der Waals surface area (Å²) in [4.78, 5) is 10.1. The minimum Gasteiger partial charge on any atom is -0.309 e. The highest BCUT2D eigenvalue weighted by Crippen LogP contribution is 2.46. The number of rotatable bonds is 2. The van der Waals surface area contributed by atoms with Crippen molar-refractivity contribution in [2.75, 3.05) is 0 Å². The molecule has 0 amide bonds. The number of pyridine rings is 2. The van der Waals surface area contributed by atoms with Crippen LogP contribution in [0, 0.1) is 0 Å². The summed E-state index contributed by atoms with van der Waals surface area (Å²) in [5.41, 5.74) is 10.1. The maximum absolute atomic E-state index is 5.30. The van der Waals surface area contributed by atoms with Crippen molar-refractivity contribution in [3.05, 3.63) is 134 Å². The minimum absolute atomic E-state index is 0.906. The van der Waals surface area contributed by atoms with Gasteiger partial charge in [-0.05, 0) is 59.5 Å². The van der Waals surface area contributed by atoms with Gasteiger partial charge < -0.3 is 4.57 Å². The zero-order chi connectivity index (χ0) is 27.4. The third-order valence-corrected chi connectivity index (χ3v) is 8.89. The SMILES string of the molecule is c1cnc2c(c1)-c1cccc3cc(-n4c5ccccc5c5cc(-n6c7ccccc7c7ccccc76)ccc54)nc-2c13. The second-order valence-corrected chi connectivity index (χ2v) is 11.1. The van der Waals surface area contributed by atoms with Gasteiger partial charge in [0.2, 0.25) is 0 Å². The Kier molecular flexibility index (Phi) is 4.15. The van der Waals surface area contributed by atoms with Crippen LogP contribution in [0.4, 0.5) is 0 Å². The van der Waals surface area contributed by atoms with E-state index in [4.69, 9.17) is 9.97 Å². The van der Waals surface area contributed by atoms with Crippen LogP contribution in [0.15, 0.2) is 134 Å². The molecule has 0 fully saturated rings. The van der Waals surface area contributed by atoms with E-state index in [1.54, 1.807) is 0 Å². The molecule has 0 aliphatic heterocycles. The topological polar surface area (TPSA) is 35.6 Å². The van der Waals surface area contributed by atoms with Crippen LogP contribution >= 0.6 is 0 Å². The Hall–Kier alpha value is -5.74. The molecular formula is C38H22N4. The number of benzene rings is 5. The molecule has 4 nitrogen and oxygen atoms in total. The zero-order valence-electron chi connectivity index (χ0n) is 22.5. The lowest BCUT2D eigenvalue weighted by atomic mass is 10.1. The fraction of sp³-hybridized carbons (Fsp3) is 0. The van der Waals surface area contributed by atoms with E-state index in [0.29, 0.717) is 0 Å². The third-order valence-electron chi connectivity index (χ3n) is 8.89. The van der Waals surface area contributed by atoms with Crippen LogP contribution in [-0.4, -0.2) is 19.1 Å². The fourth-order valence-corrected chi connectivity index (χ4v) is 7.17. The van der Waals surface area contributed by atoms with E-state index < -0.39 is 0 Å². The smallest absolute Gasteiger partial charge is 0.139 e. The van der Waals surface area contributed by atoms with Crippen LogP contribution in [0.25, 0.3) is 88.4 Å². The van der Waals surface area contributed by atoms with Gasteiger partial charge in [-0.15, -0.1) is 0 Å². The van der Waals surface area contributed by atoms with Gasteiger partial charge in [-0.2, -0.15) is 0 Å². The maximum atomic E-state index is 5.30. The molecule has 5 aromatic carbocycles. The lowest BCUT2D eigenvalue weighted by molar-refractivity contribution is 1.09. The van der Waals surface area contributed by atoms with Crippen LogP contribution in [0.3, 0.4) is 0 Å². The first-order valence-corrected chi connectivity index (χ1v) is 14.3. The zero-order valence-corrected chi connectivity index (χ0v) is 22.5. The first-order valence-electron chi connectivity index (χ1n) is 14.3. The molecule has 0 radical (unpaired) electrons. The van der Waals surface area contributed by atoms with Crippen molar-refractivity contribution in [1.29, 1.82) is 0 Å². The number of nitrogens with zero attached hydrogens (tertiary/aromatic N) is 4. The second-order valence-electron chi connectivity index (χ2n) is 11.1. The largest absolute Gasteiger partial charge is 0.309 e. The fourth-order valence-electron chi connectivity index (χ4n) is 7.17. The highest BCUT2D eigenvalue weighted by Gasteiger charge is 2.25. The molecule has 10 rings (SSSR count). The van der Waals surface area contributed by atoms with Crippen molar-refractivity contribution in [2.24, 2.45) is 0 Å². The summed E-state index contributed by atoms with van der Waals surface area (Å²) in [6.45, 7) is 0. The van der Waals surface area contributed by atoms with Gasteiger partial charge in [0.05, 0.1) is 27.8 Å². The Bertz CT molecular complexity index is 2530. The predicted octanol–water partition coefficient (Wildman–Crippen LogP) is 9.47. The predicted molar refractivity (Wildman–Crippen MR) is 173 cm³/mol. The lowest BCUT2D eigenvalue weighted by Crippen LogP contribution is -1.99. The van der Waals surface area contributed by atoms with Gasteiger partial charge in [0.1, 0.15) is 11.5 Å². The van der Waals surface area contributed by atoms with Gasteiger partial charge in [0.25, 0.3) is 0 Å². The molecule has 0 saturated carbocycles. The molecule has 42 heavy (non-hydrogen) atoms. The summed E-state index contributed by atoms with van der Waals surface area (Å²) >= 11 is 0. The van der Waals surface area contributed by atoms with Crippen LogP contribution in [0.1, 0.15) is 0 Å². The third kappa shape index (κ3) is 2.76. The number of aromatic nitrogens is 4. The number of fused-ring (bicyclic) bond motifs is 9. The molecule has 4 aromatic heterocycles. The molecule has 1 aliphatic rings. The molecule has 0 N–H and O–H groups in total. The molecular weight excluding hydrogens is 512 g/mol. The molecule has 4 heteroatoms. The van der Waals surface area contributed by atoms with E-state index in [1.807, 2.05) is 12.3 Å². The van der Waals surface area contributed by atoms with E-state index in [0.717, 1.165) is 39.5 Å². The van der Waals surface area contributed by atoms with Crippen LogP contribution in [0.2, 0.25) is 0 Å². The van der Waals surface area contributed by atoms with Crippen molar-refractivity contribution < 1.29 is 0 Å². The molecule has 9 aromatic rings. The summed E-state index contributed by atoms with van der Waals surface area (Å²) in [7, 11) is 0. The standard InChI is InChI=1S/C38H22N4/c1-4-15-31-25(10-1)26-11-2-5-16-32(26)41(31)24-18-19-34-30(22-24)27-12-3-6-17-33(27)42(34)35-21-23-9-7-13-28-29-14-8-20-39-37(29)38(40-35)36(23)28/h1-22H. The highest BCUT2D eigenvalue weighted by molar-refractivity contribution is 6.15. The first-order chi connectivity index (χ1) is 20.8. The van der Waals surface area contributed by atoms with Crippen LogP contribution in [0.5, 0.6) is 0 Å². The molecule has 0 bridgehead atoms. The maximum Gasteiger partial charge on any atom is 0.139 e. The van der Waals surface area contributed by atoms with E-state index in [-0.39, 0.29) is 0 Å². The van der Waals surface area contributed by atoms with Crippen LogP contribution < -0.4 is 0 Å². The molecule has 0 atom stereocenters. The minimum atomic E-state index is 0.906. The van der Waals surface area contributed by atoms with Crippen molar-refractivity contribution in [2.45, 2.75) is 0 Å². The number of hydrogen-bond donors (Lipinski definition) is 0. The number of hydrogen-bond acceptors (Lipinski definition) is 2. The van der Waals surface area contributed by atoms with Gasteiger partial charge in [-0.25, -0.2) is 4.98 Å². The van der Waals surface area contributed by atoms with E-state index >= 15 is 0 Å². The Morgan fingerprint density at radius 2 is 1.10 bits per heavy atom. The van der Waals surface area contributed by atoms with Crippen molar-refractivity contribution in [3.8, 4) is 34.0 Å². The summed E-state index contributed by atoms with van der Waals surface area (Å²) in [5, 5.41) is 7.31. The summed E-state index contributed by atoms with van der Waals surface area (Å²) in [6.07, 6.45) is 1.86. The van der Waals surface area contributed by atoms with Crippen molar-refractivity contribution >= 4 is 54.4 Å². The molecule has 0 spiro atoms. The van der Waals surface area contributed by atoms with Gasteiger partial charge in [-0.3, -0.25) is 9.55 Å². The summed E-state index contributed by atoms with van der Waals surface area (Å²) in [5.74, 6) is 0.906. The average molecular weight is 535 g/mol. The van der Waals surface area contributed by atoms with Crippen LogP contribution in [-0.2, 0) is 0 Å². The quantitative estimate of drug-likeness (QED) is 0.221. The Balaban J connectivity index is 1.27. The first kappa shape index (κ1) is 22.0. The lowest BCUT2D eigenvalue weighted by Gasteiger charge is -2.11. The summed E-state index contributed by atoms with van der Waals surface area (Å²) in [6, 6.07) is 45.7. The van der Waals surface area contributed by atoms with E-state index in [2.05, 4.69) is 130 Å². The normalized spacial score (nSPS) is 12.3. The van der Waals surface area contributed by atoms with Gasteiger partial charge >= 0.3 is 0 Å². The molecule has 0 unspecified atom stereocenters. The van der Waals surface area contributed by atoms with Crippen molar-refractivity contribution in [3.63, 3.8) is 0 Å². The van der Waals surface area contributed by atoms with Gasteiger partial charge in [0, 0.05) is 44.4 Å². The van der Waals surface area contributed by atoms with E-state index in [9.17, 15) is 0 Å². The Morgan fingerprint density at radius 1 is 0.452 bits per heavy atom. The average Bonchev–Trinajstić information content (AvgIpc) is 3.68. The summed E-state index contributed by atoms with van der Waals surface area (Å²) < 4.78 is 4.69.